The fourth-order valence-corrected chi connectivity index (χ4v) is 2.41. The first-order chi connectivity index (χ1) is 7.29. The molecule has 1 aromatic rings. The van der Waals surface area contributed by atoms with Crippen molar-refractivity contribution in [2.75, 3.05) is 7.11 Å². The van der Waals surface area contributed by atoms with Crippen molar-refractivity contribution >= 4 is 0 Å². The highest BCUT2D eigenvalue weighted by atomic mass is 16.5. The number of hydrogen-bond donors (Lipinski definition) is 1. The molecule has 0 bridgehead atoms. The Balaban J connectivity index is 2.07. The van der Waals surface area contributed by atoms with Gasteiger partial charge in [-0.25, -0.2) is 0 Å². The first-order valence-electron chi connectivity index (χ1n) is 5.69. The third kappa shape index (κ3) is 2.51. The zero-order valence-corrected chi connectivity index (χ0v) is 9.28. The Morgan fingerprint density at radius 3 is 2.53 bits per heavy atom. The van der Waals surface area contributed by atoms with E-state index >= 15 is 0 Å². The van der Waals surface area contributed by atoms with Crippen LogP contribution in [0.15, 0.2) is 24.3 Å². The van der Waals surface area contributed by atoms with Gasteiger partial charge in [-0.3, -0.25) is 0 Å². The summed E-state index contributed by atoms with van der Waals surface area (Å²) in [5.41, 5.74) is 7.40. The standard InChI is InChI=1S/C13H19NO/c1-15-13-7-5-10(6-8-13)11-3-2-4-12(14)9-11/h5-8,11-12H,2-4,9,14H2,1H3/t11-,12+/m1/s1. The lowest BCUT2D eigenvalue weighted by Gasteiger charge is -2.26. The van der Waals surface area contributed by atoms with Gasteiger partial charge in [-0.2, -0.15) is 0 Å². The Kier molecular flexibility index (Phi) is 3.27. The Bertz CT molecular complexity index is 307. The molecule has 1 aliphatic carbocycles. The summed E-state index contributed by atoms with van der Waals surface area (Å²) in [6.45, 7) is 0. The summed E-state index contributed by atoms with van der Waals surface area (Å²) in [5, 5.41) is 0. The van der Waals surface area contributed by atoms with E-state index in [1.165, 1.54) is 24.8 Å². The van der Waals surface area contributed by atoms with Gasteiger partial charge in [0.05, 0.1) is 7.11 Å². The Hall–Kier alpha value is -1.02. The summed E-state index contributed by atoms with van der Waals surface area (Å²) >= 11 is 0. The summed E-state index contributed by atoms with van der Waals surface area (Å²) in [5.74, 6) is 1.58. The van der Waals surface area contributed by atoms with Gasteiger partial charge in [0, 0.05) is 6.04 Å². The van der Waals surface area contributed by atoms with Gasteiger partial charge in [0.25, 0.3) is 0 Å². The molecule has 1 aromatic carbocycles. The second-order valence-electron chi connectivity index (χ2n) is 4.40. The monoisotopic (exact) mass is 205 g/mol. The predicted molar refractivity (Wildman–Crippen MR) is 62.2 cm³/mol. The highest BCUT2D eigenvalue weighted by Gasteiger charge is 2.20. The van der Waals surface area contributed by atoms with Crippen LogP contribution in [-0.4, -0.2) is 13.2 Å². The zero-order chi connectivity index (χ0) is 10.7. The fraction of sp³-hybridized carbons (Fsp3) is 0.538. The minimum absolute atomic E-state index is 0.394. The maximum absolute atomic E-state index is 5.99. The SMILES string of the molecule is COc1ccc([C@@H]2CCC[C@H](N)C2)cc1. The van der Waals surface area contributed by atoms with E-state index in [1.54, 1.807) is 7.11 Å². The van der Waals surface area contributed by atoms with Crippen molar-refractivity contribution in [3.63, 3.8) is 0 Å². The van der Waals surface area contributed by atoms with Gasteiger partial charge in [-0.1, -0.05) is 18.6 Å². The van der Waals surface area contributed by atoms with Crippen LogP contribution in [0.2, 0.25) is 0 Å². The molecule has 2 atom stereocenters. The van der Waals surface area contributed by atoms with Gasteiger partial charge >= 0.3 is 0 Å². The van der Waals surface area contributed by atoms with Gasteiger partial charge in [0.2, 0.25) is 0 Å². The summed E-state index contributed by atoms with van der Waals surface area (Å²) in [6.07, 6.45) is 4.86. The zero-order valence-electron chi connectivity index (χ0n) is 9.28. The van der Waals surface area contributed by atoms with Crippen molar-refractivity contribution in [2.45, 2.75) is 37.6 Å². The summed E-state index contributed by atoms with van der Waals surface area (Å²) < 4.78 is 5.15. The van der Waals surface area contributed by atoms with Crippen LogP contribution in [0.1, 0.15) is 37.2 Å². The number of ether oxygens (including phenoxy) is 1. The largest absolute Gasteiger partial charge is 0.497 e. The lowest BCUT2D eigenvalue weighted by Crippen LogP contribution is -2.26. The van der Waals surface area contributed by atoms with Gasteiger partial charge in [-0.15, -0.1) is 0 Å². The van der Waals surface area contributed by atoms with E-state index in [9.17, 15) is 0 Å². The Morgan fingerprint density at radius 1 is 1.20 bits per heavy atom. The van der Waals surface area contributed by atoms with E-state index in [4.69, 9.17) is 10.5 Å². The Labute approximate surface area is 91.4 Å². The molecule has 0 saturated heterocycles. The lowest BCUT2D eigenvalue weighted by atomic mass is 9.82. The molecule has 15 heavy (non-hydrogen) atoms. The van der Waals surface area contributed by atoms with Crippen molar-refractivity contribution in [1.82, 2.24) is 0 Å². The van der Waals surface area contributed by atoms with E-state index in [-0.39, 0.29) is 0 Å². The molecule has 2 rings (SSSR count). The number of rotatable bonds is 2. The molecule has 1 saturated carbocycles. The van der Waals surface area contributed by atoms with E-state index in [0.717, 1.165) is 12.2 Å². The first kappa shape index (κ1) is 10.5. The normalized spacial score (nSPS) is 26.3. The molecule has 0 aromatic heterocycles. The molecule has 0 amide bonds. The molecule has 0 heterocycles. The van der Waals surface area contributed by atoms with Crippen molar-refractivity contribution < 1.29 is 4.74 Å². The number of methoxy groups -OCH3 is 1. The van der Waals surface area contributed by atoms with Crippen molar-refractivity contribution in [2.24, 2.45) is 5.73 Å². The Morgan fingerprint density at radius 2 is 1.93 bits per heavy atom. The predicted octanol–water partition coefficient (Wildman–Crippen LogP) is 2.68. The molecule has 2 nitrogen and oxygen atoms in total. The molecule has 2 heteroatoms. The first-order valence-corrected chi connectivity index (χ1v) is 5.69. The van der Waals surface area contributed by atoms with Crippen LogP contribution < -0.4 is 10.5 Å². The second-order valence-corrected chi connectivity index (χ2v) is 4.40. The van der Waals surface area contributed by atoms with Crippen LogP contribution in [-0.2, 0) is 0 Å². The van der Waals surface area contributed by atoms with Gasteiger partial charge in [0.1, 0.15) is 5.75 Å². The summed E-state index contributed by atoms with van der Waals surface area (Å²) in [6, 6.07) is 8.81. The average molecular weight is 205 g/mol. The molecule has 1 aliphatic rings. The van der Waals surface area contributed by atoms with Crippen LogP contribution in [0.5, 0.6) is 5.75 Å². The molecule has 1 fully saturated rings. The quantitative estimate of drug-likeness (QED) is 0.805. The van der Waals surface area contributed by atoms with Crippen LogP contribution in [0, 0.1) is 0 Å². The maximum atomic E-state index is 5.99. The van der Waals surface area contributed by atoms with Crippen molar-refractivity contribution in [3.05, 3.63) is 29.8 Å². The van der Waals surface area contributed by atoms with Crippen LogP contribution >= 0.6 is 0 Å². The molecular weight excluding hydrogens is 186 g/mol. The van der Waals surface area contributed by atoms with Crippen LogP contribution in [0.4, 0.5) is 0 Å². The molecule has 0 radical (unpaired) electrons. The molecule has 2 N–H and O–H groups in total. The molecule has 0 aliphatic heterocycles. The second kappa shape index (κ2) is 4.67. The fourth-order valence-electron chi connectivity index (χ4n) is 2.41. The van der Waals surface area contributed by atoms with E-state index in [0.29, 0.717) is 12.0 Å². The molecule has 0 spiro atoms. The number of nitrogens with two attached hydrogens (primary N) is 1. The average Bonchev–Trinajstić information content (AvgIpc) is 2.29. The van der Waals surface area contributed by atoms with Crippen LogP contribution in [0.3, 0.4) is 0 Å². The topological polar surface area (TPSA) is 35.2 Å². The minimum Gasteiger partial charge on any atom is -0.497 e. The third-order valence-corrected chi connectivity index (χ3v) is 3.30. The van der Waals surface area contributed by atoms with Crippen molar-refractivity contribution in [3.8, 4) is 5.75 Å². The van der Waals surface area contributed by atoms with Crippen LogP contribution in [0.25, 0.3) is 0 Å². The van der Waals surface area contributed by atoms with Gasteiger partial charge in [0.15, 0.2) is 0 Å². The van der Waals surface area contributed by atoms with E-state index in [2.05, 4.69) is 12.1 Å². The summed E-state index contributed by atoms with van der Waals surface area (Å²) in [7, 11) is 1.70. The van der Waals surface area contributed by atoms with Crippen molar-refractivity contribution in [1.29, 1.82) is 0 Å². The van der Waals surface area contributed by atoms with E-state index < -0.39 is 0 Å². The van der Waals surface area contributed by atoms with E-state index in [1.807, 2.05) is 12.1 Å². The van der Waals surface area contributed by atoms with Gasteiger partial charge < -0.3 is 10.5 Å². The highest BCUT2D eigenvalue weighted by molar-refractivity contribution is 5.29. The lowest BCUT2D eigenvalue weighted by molar-refractivity contribution is 0.391. The summed E-state index contributed by atoms with van der Waals surface area (Å²) in [4.78, 5) is 0. The smallest absolute Gasteiger partial charge is 0.118 e. The number of benzene rings is 1. The molecule has 82 valence electrons. The van der Waals surface area contributed by atoms with Gasteiger partial charge in [-0.05, 0) is 42.9 Å². The highest BCUT2D eigenvalue weighted by Crippen LogP contribution is 2.32. The maximum Gasteiger partial charge on any atom is 0.118 e. The minimum atomic E-state index is 0.394. The third-order valence-electron chi connectivity index (χ3n) is 3.30. The molecular formula is C13H19NO. The molecule has 0 unspecified atom stereocenters. The number of hydrogen-bond acceptors (Lipinski definition) is 2.